The fraction of sp³-hybridized carbons (Fsp3) is 0.0625. The van der Waals surface area contributed by atoms with Gasteiger partial charge in [0.15, 0.2) is 0 Å². The first-order valence-corrected chi connectivity index (χ1v) is 5.90. The SMILES string of the molecule is Cc1ccnc(-c2ccc(-c3ccco3)cc2)c1. The van der Waals surface area contributed by atoms with Gasteiger partial charge in [-0.25, -0.2) is 0 Å². The number of nitrogens with zero attached hydrogens (tertiary/aromatic N) is 1. The summed E-state index contributed by atoms with van der Waals surface area (Å²) < 4.78 is 5.37. The van der Waals surface area contributed by atoms with Gasteiger partial charge in [0, 0.05) is 17.3 Å². The molecule has 2 heterocycles. The highest BCUT2D eigenvalue weighted by Crippen LogP contribution is 2.24. The summed E-state index contributed by atoms with van der Waals surface area (Å²) in [6.45, 7) is 2.07. The zero-order valence-electron chi connectivity index (χ0n) is 10.1. The number of rotatable bonds is 2. The van der Waals surface area contributed by atoms with E-state index in [1.165, 1.54) is 5.56 Å². The Morgan fingerprint density at radius 3 is 2.39 bits per heavy atom. The molecule has 0 aliphatic heterocycles. The highest BCUT2D eigenvalue weighted by molar-refractivity contribution is 5.66. The number of benzene rings is 1. The van der Waals surface area contributed by atoms with Crippen LogP contribution in [-0.2, 0) is 0 Å². The minimum Gasteiger partial charge on any atom is -0.464 e. The average Bonchev–Trinajstić information content (AvgIpc) is 2.93. The van der Waals surface area contributed by atoms with Crippen LogP contribution >= 0.6 is 0 Å². The van der Waals surface area contributed by atoms with Gasteiger partial charge in [0.2, 0.25) is 0 Å². The highest BCUT2D eigenvalue weighted by atomic mass is 16.3. The molecular formula is C16H13NO. The lowest BCUT2D eigenvalue weighted by molar-refractivity contribution is 0.582. The summed E-state index contributed by atoms with van der Waals surface area (Å²) in [6, 6.07) is 16.2. The molecule has 2 aromatic heterocycles. The van der Waals surface area contributed by atoms with Crippen LogP contribution in [0.3, 0.4) is 0 Å². The molecule has 0 bridgehead atoms. The van der Waals surface area contributed by atoms with Crippen LogP contribution in [0.5, 0.6) is 0 Å². The van der Waals surface area contributed by atoms with Gasteiger partial charge < -0.3 is 4.42 Å². The second-order valence-corrected chi connectivity index (χ2v) is 4.27. The zero-order valence-corrected chi connectivity index (χ0v) is 10.1. The monoisotopic (exact) mass is 235 g/mol. The second-order valence-electron chi connectivity index (χ2n) is 4.27. The van der Waals surface area contributed by atoms with E-state index >= 15 is 0 Å². The van der Waals surface area contributed by atoms with Crippen LogP contribution in [0.2, 0.25) is 0 Å². The molecule has 0 fully saturated rings. The maximum Gasteiger partial charge on any atom is 0.133 e. The van der Waals surface area contributed by atoms with Gasteiger partial charge in [-0.3, -0.25) is 4.98 Å². The predicted octanol–water partition coefficient (Wildman–Crippen LogP) is 4.32. The van der Waals surface area contributed by atoms with Crippen LogP contribution in [-0.4, -0.2) is 4.98 Å². The van der Waals surface area contributed by atoms with Crippen molar-refractivity contribution in [1.29, 1.82) is 0 Å². The van der Waals surface area contributed by atoms with Crippen molar-refractivity contribution >= 4 is 0 Å². The molecule has 1 aromatic carbocycles. The molecule has 0 aliphatic rings. The molecule has 88 valence electrons. The van der Waals surface area contributed by atoms with Gasteiger partial charge in [-0.05, 0) is 36.8 Å². The van der Waals surface area contributed by atoms with Gasteiger partial charge in [0.05, 0.1) is 12.0 Å². The van der Waals surface area contributed by atoms with Crippen LogP contribution in [0.25, 0.3) is 22.6 Å². The topological polar surface area (TPSA) is 26.0 Å². The van der Waals surface area contributed by atoms with E-state index in [4.69, 9.17) is 4.42 Å². The van der Waals surface area contributed by atoms with Crippen LogP contribution in [0.1, 0.15) is 5.56 Å². The number of aromatic nitrogens is 1. The number of hydrogen-bond donors (Lipinski definition) is 0. The summed E-state index contributed by atoms with van der Waals surface area (Å²) in [5.41, 5.74) is 4.42. The summed E-state index contributed by atoms with van der Waals surface area (Å²) in [5.74, 6) is 0.888. The quantitative estimate of drug-likeness (QED) is 0.661. The van der Waals surface area contributed by atoms with Crippen LogP contribution < -0.4 is 0 Å². The van der Waals surface area contributed by atoms with E-state index in [2.05, 4.69) is 42.2 Å². The summed E-state index contributed by atoms with van der Waals surface area (Å²) in [5, 5.41) is 0. The van der Waals surface area contributed by atoms with Crippen LogP contribution in [0.15, 0.2) is 65.4 Å². The summed E-state index contributed by atoms with van der Waals surface area (Å²) in [6.07, 6.45) is 3.52. The molecule has 0 saturated carbocycles. The normalized spacial score (nSPS) is 10.5. The fourth-order valence-electron chi connectivity index (χ4n) is 1.94. The Kier molecular flexibility index (Phi) is 2.69. The fourth-order valence-corrected chi connectivity index (χ4v) is 1.94. The van der Waals surface area contributed by atoms with Crippen molar-refractivity contribution in [3.63, 3.8) is 0 Å². The van der Waals surface area contributed by atoms with Crippen molar-refractivity contribution in [2.24, 2.45) is 0 Å². The lowest BCUT2D eigenvalue weighted by Gasteiger charge is -2.03. The van der Waals surface area contributed by atoms with Crippen LogP contribution in [0.4, 0.5) is 0 Å². The second kappa shape index (κ2) is 4.49. The minimum absolute atomic E-state index is 0.888. The highest BCUT2D eigenvalue weighted by Gasteiger charge is 2.02. The molecule has 0 atom stereocenters. The number of pyridine rings is 1. The molecule has 0 aliphatic carbocycles. The van der Waals surface area contributed by atoms with Gasteiger partial charge in [-0.2, -0.15) is 0 Å². The first-order chi connectivity index (χ1) is 8.83. The molecule has 0 amide bonds. The van der Waals surface area contributed by atoms with Gasteiger partial charge in [0.25, 0.3) is 0 Å². The molecule has 0 radical (unpaired) electrons. The third-order valence-electron chi connectivity index (χ3n) is 2.90. The molecule has 3 rings (SSSR count). The van der Waals surface area contributed by atoms with Gasteiger partial charge in [0.1, 0.15) is 5.76 Å². The first kappa shape index (κ1) is 10.8. The van der Waals surface area contributed by atoms with E-state index < -0.39 is 0 Å². The van der Waals surface area contributed by atoms with Crippen molar-refractivity contribution in [2.45, 2.75) is 6.92 Å². The molecule has 0 saturated heterocycles. The van der Waals surface area contributed by atoms with Gasteiger partial charge >= 0.3 is 0 Å². The Morgan fingerprint density at radius 1 is 0.944 bits per heavy atom. The minimum atomic E-state index is 0.888. The summed E-state index contributed by atoms with van der Waals surface area (Å²) in [7, 11) is 0. The summed E-state index contributed by atoms with van der Waals surface area (Å²) in [4.78, 5) is 4.38. The number of hydrogen-bond acceptors (Lipinski definition) is 2. The first-order valence-electron chi connectivity index (χ1n) is 5.90. The average molecular weight is 235 g/mol. The largest absolute Gasteiger partial charge is 0.464 e. The van der Waals surface area contributed by atoms with E-state index in [1.54, 1.807) is 6.26 Å². The maximum atomic E-state index is 5.37. The molecule has 0 N–H and O–H groups in total. The molecule has 2 heteroatoms. The van der Waals surface area contributed by atoms with Crippen molar-refractivity contribution in [3.8, 4) is 22.6 Å². The lowest BCUT2D eigenvalue weighted by atomic mass is 10.1. The summed E-state index contributed by atoms with van der Waals surface area (Å²) >= 11 is 0. The lowest BCUT2D eigenvalue weighted by Crippen LogP contribution is -1.84. The molecular weight excluding hydrogens is 222 g/mol. The standard InChI is InChI=1S/C16H13NO/c1-12-8-9-17-15(11-12)13-4-6-14(7-5-13)16-3-2-10-18-16/h2-11H,1H3. The van der Waals surface area contributed by atoms with Crippen molar-refractivity contribution in [2.75, 3.05) is 0 Å². The third kappa shape index (κ3) is 2.05. The van der Waals surface area contributed by atoms with Gasteiger partial charge in [-0.1, -0.05) is 24.3 Å². The predicted molar refractivity (Wildman–Crippen MR) is 72.1 cm³/mol. The molecule has 18 heavy (non-hydrogen) atoms. The smallest absolute Gasteiger partial charge is 0.133 e. The number of aryl methyl sites for hydroxylation is 1. The molecule has 3 aromatic rings. The van der Waals surface area contributed by atoms with Gasteiger partial charge in [-0.15, -0.1) is 0 Å². The van der Waals surface area contributed by atoms with Crippen molar-refractivity contribution < 1.29 is 4.42 Å². The Bertz CT molecular complexity index is 639. The zero-order chi connectivity index (χ0) is 12.4. The number of furan rings is 1. The Labute approximate surface area is 106 Å². The van der Waals surface area contributed by atoms with Crippen molar-refractivity contribution in [3.05, 3.63) is 66.6 Å². The van der Waals surface area contributed by atoms with E-state index in [0.29, 0.717) is 0 Å². The molecule has 2 nitrogen and oxygen atoms in total. The maximum absolute atomic E-state index is 5.37. The van der Waals surface area contributed by atoms with E-state index in [1.807, 2.05) is 24.4 Å². The Balaban J connectivity index is 1.96. The molecule has 0 spiro atoms. The van der Waals surface area contributed by atoms with E-state index in [0.717, 1.165) is 22.6 Å². The van der Waals surface area contributed by atoms with E-state index in [-0.39, 0.29) is 0 Å². The third-order valence-corrected chi connectivity index (χ3v) is 2.90. The van der Waals surface area contributed by atoms with Crippen molar-refractivity contribution in [1.82, 2.24) is 4.98 Å². The molecule has 0 unspecified atom stereocenters. The Hall–Kier alpha value is -2.35. The van der Waals surface area contributed by atoms with E-state index in [9.17, 15) is 0 Å². The Morgan fingerprint density at radius 2 is 1.72 bits per heavy atom. The van der Waals surface area contributed by atoms with Crippen LogP contribution in [0, 0.1) is 6.92 Å².